The molecule has 4 nitrogen and oxygen atoms in total. The number of thioether (sulfide) groups is 1. The Morgan fingerprint density at radius 1 is 0.968 bits per heavy atom. The molecule has 5 rings (SSSR count). The molecule has 3 aromatic carbocycles. The highest BCUT2D eigenvalue weighted by Gasteiger charge is 2.38. The van der Waals surface area contributed by atoms with E-state index in [1.54, 1.807) is 18.9 Å². The van der Waals surface area contributed by atoms with Crippen molar-refractivity contribution in [1.29, 1.82) is 0 Å². The van der Waals surface area contributed by atoms with Crippen molar-refractivity contribution in [2.75, 3.05) is 19.0 Å². The lowest BCUT2D eigenvalue weighted by molar-refractivity contribution is 0.103. The van der Waals surface area contributed by atoms with E-state index in [1.807, 2.05) is 54.6 Å². The summed E-state index contributed by atoms with van der Waals surface area (Å²) in [5, 5.41) is 3.39. The number of ether oxygens (including phenoxy) is 2. The molecule has 156 valence electrons. The molecule has 0 amide bonds. The summed E-state index contributed by atoms with van der Waals surface area (Å²) in [7, 11) is 1.65. The molecule has 0 aromatic heterocycles. The highest BCUT2D eigenvalue weighted by atomic mass is 32.2. The Bertz CT molecular complexity index is 1200. The molecule has 2 aliphatic rings. The van der Waals surface area contributed by atoms with Crippen molar-refractivity contribution >= 4 is 28.9 Å². The van der Waals surface area contributed by atoms with E-state index < -0.39 is 0 Å². The van der Waals surface area contributed by atoms with Crippen LogP contribution in [0.15, 0.2) is 77.2 Å². The molecule has 1 aliphatic carbocycles. The van der Waals surface area contributed by atoms with E-state index in [-0.39, 0.29) is 11.0 Å². The third-order valence-electron chi connectivity index (χ3n) is 5.56. The van der Waals surface area contributed by atoms with Crippen molar-refractivity contribution in [2.24, 2.45) is 0 Å². The number of fused-ring (bicyclic) bond motifs is 3. The van der Waals surface area contributed by atoms with Gasteiger partial charge in [-0.05, 0) is 36.2 Å². The molecule has 1 aliphatic heterocycles. The smallest absolute Gasteiger partial charge is 0.193 e. The van der Waals surface area contributed by atoms with Crippen molar-refractivity contribution in [3.05, 3.63) is 89.0 Å². The topological polar surface area (TPSA) is 47.6 Å². The first kappa shape index (κ1) is 19.8. The zero-order chi connectivity index (χ0) is 21.4. The number of rotatable bonds is 5. The molecule has 3 aromatic rings. The van der Waals surface area contributed by atoms with Crippen molar-refractivity contribution in [1.82, 2.24) is 0 Å². The Labute approximate surface area is 186 Å². The molecule has 0 bridgehead atoms. The maximum atomic E-state index is 13.5. The molecule has 0 spiro atoms. The summed E-state index contributed by atoms with van der Waals surface area (Å²) >= 11 is 1.69. The summed E-state index contributed by atoms with van der Waals surface area (Å²) in [6.45, 7) is 2.71. The van der Waals surface area contributed by atoms with Crippen LogP contribution in [0.5, 0.6) is 11.5 Å². The quantitative estimate of drug-likeness (QED) is 0.512. The predicted octanol–water partition coefficient (Wildman–Crippen LogP) is 6.35. The van der Waals surface area contributed by atoms with Gasteiger partial charge in [0.25, 0.3) is 0 Å². The normalized spacial score (nSPS) is 16.7. The third-order valence-corrected chi connectivity index (χ3v) is 6.91. The lowest BCUT2D eigenvalue weighted by Gasteiger charge is -2.19. The Morgan fingerprint density at radius 2 is 1.74 bits per heavy atom. The van der Waals surface area contributed by atoms with Crippen LogP contribution in [0.1, 0.15) is 40.1 Å². The minimum absolute atomic E-state index is 0.0775. The third kappa shape index (κ3) is 3.39. The minimum atomic E-state index is -0.167. The second-order valence-corrected chi connectivity index (χ2v) is 8.69. The fourth-order valence-corrected chi connectivity index (χ4v) is 5.38. The first-order valence-corrected chi connectivity index (χ1v) is 11.3. The van der Waals surface area contributed by atoms with Gasteiger partial charge in [-0.25, -0.2) is 0 Å². The first-order valence-electron chi connectivity index (χ1n) is 10.4. The SMILES string of the molecule is CCCOc1ccc([C@H]2Sc3ccccc3NC3=C2C(=O)c2ccccc23)cc1OC. The van der Waals surface area contributed by atoms with Gasteiger partial charge in [0.15, 0.2) is 17.3 Å². The van der Waals surface area contributed by atoms with Gasteiger partial charge in [0, 0.05) is 21.6 Å². The highest BCUT2D eigenvalue weighted by molar-refractivity contribution is 8.00. The van der Waals surface area contributed by atoms with E-state index in [2.05, 4.69) is 24.4 Å². The molecular formula is C26H23NO3S. The van der Waals surface area contributed by atoms with E-state index in [1.165, 1.54) is 0 Å². The molecule has 5 heteroatoms. The van der Waals surface area contributed by atoms with E-state index >= 15 is 0 Å². The Kier molecular flexibility index (Phi) is 5.20. The van der Waals surface area contributed by atoms with E-state index in [9.17, 15) is 4.79 Å². The van der Waals surface area contributed by atoms with Crippen LogP contribution in [0, 0.1) is 0 Å². The van der Waals surface area contributed by atoms with Crippen molar-refractivity contribution in [3.63, 3.8) is 0 Å². The standard InChI is InChI=1S/C26H23NO3S/c1-3-14-30-20-13-12-16(15-21(20)29-2)26-23-24(17-8-4-5-9-18(17)25(23)28)27-19-10-6-7-11-22(19)31-26/h4-13,15,26-27H,3,14H2,1-2H3/t26-/m1/s1. The number of methoxy groups -OCH3 is 1. The molecule has 0 saturated heterocycles. The van der Waals surface area contributed by atoms with Gasteiger partial charge in [-0.3, -0.25) is 4.79 Å². The second kappa shape index (κ2) is 8.16. The maximum Gasteiger partial charge on any atom is 0.193 e. The van der Waals surface area contributed by atoms with Gasteiger partial charge < -0.3 is 14.8 Å². The largest absolute Gasteiger partial charge is 0.493 e. The van der Waals surface area contributed by atoms with Crippen LogP contribution in [0.25, 0.3) is 5.70 Å². The van der Waals surface area contributed by atoms with Gasteiger partial charge in [-0.2, -0.15) is 0 Å². The number of carbonyl (C=O) groups excluding carboxylic acids is 1. The van der Waals surface area contributed by atoms with Crippen LogP contribution in [-0.2, 0) is 0 Å². The van der Waals surface area contributed by atoms with E-state index in [0.29, 0.717) is 12.4 Å². The van der Waals surface area contributed by atoms with E-state index in [4.69, 9.17) is 9.47 Å². The number of hydrogen-bond acceptors (Lipinski definition) is 5. The summed E-state index contributed by atoms with van der Waals surface area (Å²) < 4.78 is 11.5. The van der Waals surface area contributed by atoms with Crippen LogP contribution in [0.3, 0.4) is 0 Å². The highest BCUT2D eigenvalue weighted by Crippen LogP contribution is 2.53. The van der Waals surface area contributed by atoms with Crippen LogP contribution >= 0.6 is 11.8 Å². The van der Waals surface area contributed by atoms with Crippen LogP contribution in [0.2, 0.25) is 0 Å². The number of benzene rings is 3. The number of carbonyl (C=O) groups is 1. The summed E-state index contributed by atoms with van der Waals surface area (Å²) in [5.74, 6) is 1.48. The lowest BCUT2D eigenvalue weighted by atomic mass is 10.0. The number of para-hydroxylation sites is 1. The Hall–Kier alpha value is -3.18. The average molecular weight is 430 g/mol. The van der Waals surface area contributed by atoms with Gasteiger partial charge in [0.2, 0.25) is 0 Å². The molecule has 1 N–H and O–H groups in total. The Balaban J connectivity index is 1.65. The minimum Gasteiger partial charge on any atom is -0.493 e. The van der Waals surface area contributed by atoms with Crippen molar-refractivity contribution in [2.45, 2.75) is 23.5 Å². The van der Waals surface area contributed by atoms with Gasteiger partial charge in [-0.15, -0.1) is 11.8 Å². The number of nitrogens with one attached hydrogen (secondary N) is 1. The van der Waals surface area contributed by atoms with Crippen LogP contribution in [-0.4, -0.2) is 19.5 Å². The fraction of sp³-hybridized carbons (Fsp3) is 0.192. The summed E-state index contributed by atoms with van der Waals surface area (Å²) in [5.41, 5.74) is 5.42. The zero-order valence-corrected chi connectivity index (χ0v) is 18.3. The average Bonchev–Trinajstić information content (AvgIpc) is 2.97. The molecule has 1 heterocycles. The van der Waals surface area contributed by atoms with Crippen molar-refractivity contribution < 1.29 is 14.3 Å². The molecule has 0 fully saturated rings. The van der Waals surface area contributed by atoms with Gasteiger partial charge >= 0.3 is 0 Å². The summed E-state index contributed by atoms with van der Waals surface area (Å²) in [4.78, 5) is 14.6. The monoisotopic (exact) mass is 429 g/mol. The number of Topliss-reactive ketones (excluding diaryl/α,β-unsaturated/α-hetero) is 1. The first-order chi connectivity index (χ1) is 15.2. The van der Waals surface area contributed by atoms with Crippen molar-refractivity contribution in [3.8, 4) is 11.5 Å². The Morgan fingerprint density at radius 3 is 2.55 bits per heavy atom. The second-order valence-electron chi connectivity index (χ2n) is 7.54. The molecule has 0 radical (unpaired) electrons. The molecule has 0 unspecified atom stereocenters. The zero-order valence-electron chi connectivity index (χ0n) is 17.5. The van der Waals surface area contributed by atoms with E-state index in [0.717, 1.165) is 50.7 Å². The number of ketones is 1. The molecular weight excluding hydrogens is 406 g/mol. The maximum absolute atomic E-state index is 13.5. The fourth-order valence-electron chi connectivity index (χ4n) is 4.09. The number of anilines is 1. The molecule has 31 heavy (non-hydrogen) atoms. The predicted molar refractivity (Wildman–Crippen MR) is 125 cm³/mol. The number of hydrogen-bond donors (Lipinski definition) is 1. The van der Waals surface area contributed by atoms with Gasteiger partial charge in [0.1, 0.15) is 0 Å². The summed E-state index contributed by atoms with van der Waals surface area (Å²) in [6.07, 6.45) is 0.925. The molecule has 0 saturated carbocycles. The van der Waals surface area contributed by atoms with Crippen LogP contribution < -0.4 is 14.8 Å². The lowest BCUT2D eigenvalue weighted by Crippen LogP contribution is -2.08. The van der Waals surface area contributed by atoms with Gasteiger partial charge in [0.05, 0.1) is 30.4 Å². The van der Waals surface area contributed by atoms with Gasteiger partial charge in [-0.1, -0.05) is 49.4 Å². The molecule has 1 atom stereocenters. The van der Waals surface area contributed by atoms with Crippen LogP contribution in [0.4, 0.5) is 5.69 Å². The summed E-state index contributed by atoms with van der Waals surface area (Å²) in [6, 6.07) is 22.0.